The standard InChI is InChI=1S/C10H11N3O/c14-8-3-1-2-6-9(8)10-7(4-11-6)12-5-13-10/h1-3,5,7,10-11,14H,4H2,(H,12,13). The van der Waals surface area contributed by atoms with E-state index in [4.69, 9.17) is 0 Å². The Bertz CT molecular complexity index is 402. The molecule has 0 saturated heterocycles. The normalized spacial score (nSPS) is 27.4. The first kappa shape index (κ1) is 7.67. The number of nitrogens with one attached hydrogen (secondary N) is 2. The van der Waals surface area contributed by atoms with Crippen LogP contribution in [0.25, 0.3) is 0 Å². The van der Waals surface area contributed by atoms with Crippen molar-refractivity contribution in [1.82, 2.24) is 5.32 Å². The van der Waals surface area contributed by atoms with Crippen LogP contribution in [0.5, 0.6) is 5.75 Å². The van der Waals surface area contributed by atoms with Crippen LogP contribution in [0.15, 0.2) is 23.2 Å². The van der Waals surface area contributed by atoms with Gasteiger partial charge in [0.25, 0.3) is 0 Å². The van der Waals surface area contributed by atoms with Crippen LogP contribution in [0.4, 0.5) is 5.69 Å². The predicted molar refractivity (Wildman–Crippen MR) is 54.8 cm³/mol. The second-order valence-electron chi connectivity index (χ2n) is 3.62. The predicted octanol–water partition coefficient (Wildman–Crippen LogP) is 0.859. The molecule has 2 heterocycles. The summed E-state index contributed by atoms with van der Waals surface area (Å²) in [4.78, 5) is 4.32. The van der Waals surface area contributed by atoms with E-state index in [0.717, 1.165) is 17.8 Å². The first-order valence-electron chi connectivity index (χ1n) is 4.70. The van der Waals surface area contributed by atoms with Crippen LogP contribution in [-0.2, 0) is 0 Å². The molecule has 2 aliphatic heterocycles. The summed E-state index contributed by atoms with van der Waals surface area (Å²) in [7, 11) is 0. The van der Waals surface area contributed by atoms with Gasteiger partial charge in [-0.2, -0.15) is 0 Å². The minimum absolute atomic E-state index is 0.0625. The molecule has 0 spiro atoms. The minimum atomic E-state index is 0.0625. The van der Waals surface area contributed by atoms with Crippen LogP contribution < -0.4 is 10.6 Å². The van der Waals surface area contributed by atoms with Gasteiger partial charge in [0.2, 0.25) is 0 Å². The highest BCUT2D eigenvalue weighted by atomic mass is 16.3. The summed E-state index contributed by atoms with van der Waals surface area (Å²) in [6.45, 7) is 0.848. The summed E-state index contributed by atoms with van der Waals surface area (Å²) in [5.41, 5.74) is 1.90. The van der Waals surface area contributed by atoms with Crippen molar-refractivity contribution >= 4 is 12.0 Å². The number of fused-ring (bicyclic) bond motifs is 3. The monoisotopic (exact) mass is 189 g/mol. The lowest BCUT2D eigenvalue weighted by Gasteiger charge is -2.28. The smallest absolute Gasteiger partial charge is 0.123 e. The second kappa shape index (κ2) is 2.64. The maximum absolute atomic E-state index is 9.76. The van der Waals surface area contributed by atoms with Gasteiger partial charge in [-0.15, -0.1) is 0 Å². The first-order valence-corrected chi connectivity index (χ1v) is 4.70. The van der Waals surface area contributed by atoms with Crippen LogP contribution in [0.3, 0.4) is 0 Å². The van der Waals surface area contributed by atoms with Crippen LogP contribution in [0.1, 0.15) is 11.6 Å². The van der Waals surface area contributed by atoms with Gasteiger partial charge < -0.3 is 15.7 Å². The van der Waals surface area contributed by atoms with Gasteiger partial charge in [0.05, 0.1) is 12.4 Å². The van der Waals surface area contributed by atoms with Crippen molar-refractivity contribution in [1.29, 1.82) is 0 Å². The molecule has 0 aromatic heterocycles. The van der Waals surface area contributed by atoms with Gasteiger partial charge in [0.1, 0.15) is 11.8 Å². The van der Waals surface area contributed by atoms with Crippen LogP contribution in [-0.4, -0.2) is 24.0 Å². The molecule has 72 valence electrons. The molecule has 2 unspecified atom stereocenters. The van der Waals surface area contributed by atoms with E-state index in [1.165, 1.54) is 0 Å². The minimum Gasteiger partial charge on any atom is -0.508 e. The molecule has 0 saturated carbocycles. The number of nitrogens with zero attached hydrogens (tertiary/aromatic N) is 1. The van der Waals surface area contributed by atoms with E-state index in [9.17, 15) is 5.11 Å². The number of phenols is 1. The fourth-order valence-electron chi connectivity index (χ4n) is 2.10. The summed E-state index contributed by atoms with van der Waals surface area (Å²) < 4.78 is 0. The zero-order valence-corrected chi connectivity index (χ0v) is 7.57. The van der Waals surface area contributed by atoms with E-state index in [1.807, 2.05) is 12.1 Å². The largest absolute Gasteiger partial charge is 0.508 e. The maximum Gasteiger partial charge on any atom is 0.123 e. The van der Waals surface area contributed by atoms with Crippen molar-refractivity contribution in [3.63, 3.8) is 0 Å². The summed E-state index contributed by atoms with van der Waals surface area (Å²) in [6.07, 6.45) is 1.72. The van der Waals surface area contributed by atoms with E-state index in [1.54, 1.807) is 12.4 Å². The van der Waals surface area contributed by atoms with E-state index >= 15 is 0 Å². The zero-order chi connectivity index (χ0) is 9.54. The number of rotatable bonds is 0. The fraction of sp³-hybridized carbons (Fsp3) is 0.300. The second-order valence-corrected chi connectivity index (χ2v) is 3.62. The van der Waals surface area contributed by atoms with Gasteiger partial charge in [-0.3, -0.25) is 4.99 Å². The average Bonchev–Trinajstić information content (AvgIpc) is 2.65. The molecule has 4 heteroatoms. The van der Waals surface area contributed by atoms with E-state index in [0.29, 0.717) is 5.75 Å². The average molecular weight is 189 g/mol. The van der Waals surface area contributed by atoms with Gasteiger partial charge in [0.15, 0.2) is 0 Å². The molecular weight excluding hydrogens is 178 g/mol. The van der Waals surface area contributed by atoms with E-state index < -0.39 is 0 Å². The van der Waals surface area contributed by atoms with Crippen LogP contribution >= 0.6 is 0 Å². The number of aromatic hydroxyl groups is 1. The van der Waals surface area contributed by atoms with Gasteiger partial charge in [-0.25, -0.2) is 0 Å². The Morgan fingerprint density at radius 1 is 1.43 bits per heavy atom. The Balaban J connectivity index is 2.16. The van der Waals surface area contributed by atoms with Gasteiger partial charge in [-0.1, -0.05) is 6.07 Å². The highest BCUT2D eigenvalue weighted by Gasteiger charge is 2.33. The lowest BCUT2D eigenvalue weighted by Crippen LogP contribution is -2.37. The Hall–Kier alpha value is -1.71. The zero-order valence-electron chi connectivity index (χ0n) is 7.57. The lowest BCUT2D eigenvalue weighted by atomic mass is 9.94. The molecule has 0 aliphatic carbocycles. The molecule has 3 rings (SSSR count). The number of anilines is 1. The van der Waals surface area contributed by atoms with Crippen molar-refractivity contribution in [3.8, 4) is 5.75 Å². The lowest BCUT2D eigenvalue weighted by molar-refractivity contribution is 0.449. The fourth-order valence-corrected chi connectivity index (χ4v) is 2.10. The summed E-state index contributed by atoms with van der Waals surface area (Å²) >= 11 is 0. The van der Waals surface area contributed by atoms with Crippen molar-refractivity contribution in [3.05, 3.63) is 23.8 Å². The summed E-state index contributed by atoms with van der Waals surface area (Å²) in [5.74, 6) is 0.325. The van der Waals surface area contributed by atoms with Gasteiger partial charge in [0, 0.05) is 17.8 Å². The number of hydrogen-bond acceptors (Lipinski definition) is 4. The van der Waals surface area contributed by atoms with Crippen LogP contribution in [0.2, 0.25) is 0 Å². The highest BCUT2D eigenvalue weighted by Crippen LogP contribution is 2.39. The molecule has 1 aromatic rings. The van der Waals surface area contributed by atoms with E-state index in [-0.39, 0.29) is 12.1 Å². The molecule has 1 aromatic carbocycles. The van der Waals surface area contributed by atoms with E-state index in [2.05, 4.69) is 15.6 Å². The topological polar surface area (TPSA) is 56.7 Å². The third-order valence-corrected chi connectivity index (χ3v) is 2.80. The highest BCUT2D eigenvalue weighted by molar-refractivity contribution is 5.67. The van der Waals surface area contributed by atoms with Crippen molar-refractivity contribution in [2.45, 2.75) is 12.1 Å². The molecule has 0 fully saturated rings. The molecule has 14 heavy (non-hydrogen) atoms. The van der Waals surface area contributed by atoms with Crippen molar-refractivity contribution in [2.75, 3.05) is 11.9 Å². The molecule has 0 radical (unpaired) electrons. The SMILES string of the molecule is Oc1cccc2c1C1N=CNC1CN2. The number of aliphatic imine (C=N–C) groups is 1. The molecule has 2 atom stereocenters. The molecule has 3 N–H and O–H groups in total. The third kappa shape index (κ3) is 0.907. The molecule has 0 amide bonds. The van der Waals surface area contributed by atoms with Crippen molar-refractivity contribution in [2.24, 2.45) is 4.99 Å². The first-order chi connectivity index (χ1) is 6.86. The van der Waals surface area contributed by atoms with Crippen molar-refractivity contribution < 1.29 is 5.11 Å². The maximum atomic E-state index is 9.76. The number of benzene rings is 1. The Morgan fingerprint density at radius 3 is 3.29 bits per heavy atom. The molecule has 4 nitrogen and oxygen atoms in total. The summed E-state index contributed by atoms with van der Waals surface area (Å²) in [6, 6.07) is 5.85. The number of phenolic OH excluding ortho intramolecular Hbond substituents is 1. The molecule has 0 bridgehead atoms. The molecular formula is C10H11N3O. The molecule has 2 aliphatic rings. The van der Waals surface area contributed by atoms with Crippen LogP contribution in [0, 0.1) is 0 Å². The number of hydrogen-bond donors (Lipinski definition) is 3. The summed E-state index contributed by atoms with van der Waals surface area (Å²) in [5, 5.41) is 16.2. The Labute approximate surface area is 81.7 Å². The quantitative estimate of drug-likeness (QED) is 0.567. The van der Waals surface area contributed by atoms with Gasteiger partial charge >= 0.3 is 0 Å². The third-order valence-electron chi connectivity index (χ3n) is 2.80. The Kier molecular flexibility index (Phi) is 1.45. The van der Waals surface area contributed by atoms with Gasteiger partial charge in [-0.05, 0) is 12.1 Å². The Morgan fingerprint density at radius 2 is 2.36 bits per heavy atom.